The quantitative estimate of drug-likeness (QED) is 0.607. The molecule has 8 nitrogen and oxygen atoms in total. The summed E-state index contributed by atoms with van der Waals surface area (Å²) < 4.78 is 2.06. The van der Waals surface area contributed by atoms with Crippen LogP contribution in [0.3, 0.4) is 0 Å². The molecule has 2 aromatic rings. The Kier molecular flexibility index (Phi) is 8.21. The minimum atomic E-state index is -0.855. The average Bonchev–Trinajstić information content (AvgIpc) is 3.02. The fraction of sp³-hybridized carbons (Fsp3) is 0.500. The molecule has 9 heteroatoms. The molecule has 0 aliphatic heterocycles. The number of primary amides is 1. The molecule has 0 fully saturated rings. The lowest BCUT2D eigenvalue weighted by molar-refractivity contribution is -0.120. The van der Waals surface area contributed by atoms with Crippen molar-refractivity contribution in [3.8, 4) is 0 Å². The Balaban J connectivity index is 2.43. The molecule has 3 N–H and O–H groups in total. The summed E-state index contributed by atoms with van der Waals surface area (Å²) in [6.45, 7) is 6.55. The van der Waals surface area contributed by atoms with Crippen molar-refractivity contribution in [3.63, 3.8) is 0 Å². The van der Waals surface area contributed by atoms with E-state index in [4.69, 9.17) is 5.73 Å². The zero-order valence-corrected chi connectivity index (χ0v) is 18.4. The van der Waals surface area contributed by atoms with Gasteiger partial charge in [0.1, 0.15) is 0 Å². The minimum absolute atomic E-state index is 0.0273. The van der Waals surface area contributed by atoms with Gasteiger partial charge in [0, 0.05) is 0 Å². The fourth-order valence-corrected chi connectivity index (χ4v) is 4.16. The van der Waals surface area contributed by atoms with E-state index in [1.807, 2.05) is 46.1 Å². The van der Waals surface area contributed by atoms with Gasteiger partial charge in [0.05, 0.1) is 17.8 Å². The van der Waals surface area contributed by atoms with E-state index in [0.29, 0.717) is 11.7 Å². The molecule has 2 atom stereocenters. The third kappa shape index (κ3) is 6.04. The van der Waals surface area contributed by atoms with Gasteiger partial charge in [-0.05, 0) is 32.0 Å². The Morgan fingerprint density at radius 3 is 2.38 bits per heavy atom. The first kappa shape index (κ1) is 22.9. The second-order valence-corrected chi connectivity index (χ2v) is 8.54. The summed E-state index contributed by atoms with van der Waals surface area (Å²) >= 11 is 1.30. The summed E-state index contributed by atoms with van der Waals surface area (Å²) in [6, 6.07) is 9.30. The van der Waals surface area contributed by atoms with Crippen LogP contribution < -0.4 is 11.1 Å². The van der Waals surface area contributed by atoms with Crippen molar-refractivity contribution in [2.24, 2.45) is 11.7 Å². The predicted molar refractivity (Wildman–Crippen MR) is 114 cm³/mol. The summed E-state index contributed by atoms with van der Waals surface area (Å²) in [4.78, 5) is 25.7. The first-order valence-electron chi connectivity index (χ1n) is 9.65. The predicted octanol–water partition coefficient (Wildman–Crippen LogP) is 2.65. The fourth-order valence-electron chi connectivity index (χ4n) is 3.13. The molecule has 3 amide bonds. The monoisotopic (exact) mass is 418 g/mol. The Hall–Kier alpha value is -2.39. The standard InChI is InChI=1S/C20H30N6O2S/c1-6-15(25(4)5)17-23-24-20(26(17)12-14-10-8-7-9-11-14)29-16(13(2)3)18(27)22-19(21)28/h7-11,13,15-16H,6,12H2,1-5H3,(H3,21,22,27,28)/t15-,16+/m0/s1. The maximum atomic E-state index is 12.5. The number of aromatic nitrogens is 3. The highest BCUT2D eigenvalue weighted by Gasteiger charge is 2.29. The smallest absolute Gasteiger partial charge is 0.318 e. The van der Waals surface area contributed by atoms with Gasteiger partial charge in [-0.25, -0.2) is 4.79 Å². The van der Waals surface area contributed by atoms with E-state index in [0.717, 1.165) is 17.8 Å². The number of carbonyl (C=O) groups excluding carboxylic acids is 2. The van der Waals surface area contributed by atoms with Gasteiger partial charge in [0.2, 0.25) is 5.91 Å². The molecule has 158 valence electrons. The summed E-state index contributed by atoms with van der Waals surface area (Å²) in [5, 5.41) is 11.2. The number of rotatable bonds is 9. The van der Waals surface area contributed by atoms with Crippen LogP contribution in [0.15, 0.2) is 35.5 Å². The number of imide groups is 1. The number of hydrogen-bond donors (Lipinski definition) is 2. The summed E-state index contributed by atoms with van der Waals surface area (Å²) in [7, 11) is 4.03. The first-order chi connectivity index (χ1) is 13.7. The lowest BCUT2D eigenvalue weighted by Crippen LogP contribution is -2.42. The van der Waals surface area contributed by atoms with Crippen molar-refractivity contribution in [2.45, 2.75) is 50.2 Å². The lowest BCUT2D eigenvalue weighted by Gasteiger charge is -2.24. The molecule has 29 heavy (non-hydrogen) atoms. The number of benzene rings is 1. The highest BCUT2D eigenvalue weighted by Crippen LogP contribution is 2.31. The van der Waals surface area contributed by atoms with Crippen LogP contribution in [-0.2, 0) is 11.3 Å². The Bertz CT molecular complexity index is 822. The van der Waals surface area contributed by atoms with Crippen molar-refractivity contribution >= 4 is 23.7 Å². The number of nitrogens with two attached hydrogens (primary N) is 1. The van der Waals surface area contributed by atoms with Crippen LogP contribution in [-0.4, -0.2) is 50.9 Å². The molecule has 0 bridgehead atoms. The van der Waals surface area contributed by atoms with Gasteiger partial charge in [0.25, 0.3) is 0 Å². The number of urea groups is 1. The van der Waals surface area contributed by atoms with Gasteiger partial charge >= 0.3 is 6.03 Å². The number of amides is 3. The highest BCUT2D eigenvalue weighted by atomic mass is 32.2. The van der Waals surface area contributed by atoms with E-state index < -0.39 is 17.2 Å². The largest absolute Gasteiger partial charge is 0.351 e. The molecule has 0 saturated heterocycles. The molecule has 2 rings (SSSR count). The van der Waals surface area contributed by atoms with Crippen LogP contribution in [0, 0.1) is 5.92 Å². The molecule has 1 heterocycles. The highest BCUT2D eigenvalue weighted by molar-refractivity contribution is 8.00. The topological polar surface area (TPSA) is 106 Å². The van der Waals surface area contributed by atoms with E-state index in [9.17, 15) is 9.59 Å². The zero-order valence-electron chi connectivity index (χ0n) is 17.6. The summed E-state index contributed by atoms with van der Waals surface area (Å²) in [6.07, 6.45) is 0.875. The maximum absolute atomic E-state index is 12.5. The van der Waals surface area contributed by atoms with Gasteiger partial charge in [-0.2, -0.15) is 0 Å². The number of thioether (sulfide) groups is 1. The third-order valence-electron chi connectivity index (χ3n) is 4.58. The molecular formula is C20H30N6O2S. The number of nitrogens with one attached hydrogen (secondary N) is 1. The van der Waals surface area contributed by atoms with Crippen LogP contribution in [0.2, 0.25) is 0 Å². The van der Waals surface area contributed by atoms with Crippen molar-refractivity contribution in [1.29, 1.82) is 0 Å². The SMILES string of the molecule is CC[C@@H](c1nnc(S[C@@H](C(=O)NC(N)=O)C(C)C)n1Cc1ccccc1)N(C)C. The summed E-state index contributed by atoms with van der Waals surface area (Å²) in [5.41, 5.74) is 6.25. The number of nitrogens with zero attached hydrogens (tertiary/aromatic N) is 4. The van der Waals surface area contributed by atoms with Gasteiger partial charge in [-0.1, -0.05) is 62.9 Å². The molecule has 0 unspecified atom stereocenters. The zero-order chi connectivity index (χ0) is 21.6. The maximum Gasteiger partial charge on any atom is 0.318 e. The van der Waals surface area contributed by atoms with E-state index in [2.05, 4.69) is 44.0 Å². The van der Waals surface area contributed by atoms with Gasteiger partial charge in [-0.3, -0.25) is 15.0 Å². The first-order valence-corrected chi connectivity index (χ1v) is 10.5. The number of carbonyl (C=O) groups is 2. The van der Waals surface area contributed by atoms with Gasteiger partial charge in [-0.15, -0.1) is 10.2 Å². The summed E-state index contributed by atoms with van der Waals surface area (Å²) in [5.74, 6) is 0.398. The van der Waals surface area contributed by atoms with Crippen LogP contribution in [0.25, 0.3) is 0 Å². The Labute approximate surface area is 176 Å². The van der Waals surface area contributed by atoms with Crippen molar-refractivity contribution < 1.29 is 9.59 Å². The lowest BCUT2D eigenvalue weighted by atomic mass is 10.1. The Morgan fingerprint density at radius 2 is 1.86 bits per heavy atom. The van der Waals surface area contributed by atoms with Crippen molar-refractivity contribution in [1.82, 2.24) is 25.0 Å². The van der Waals surface area contributed by atoms with Gasteiger partial charge in [0.15, 0.2) is 11.0 Å². The minimum Gasteiger partial charge on any atom is -0.351 e. The van der Waals surface area contributed by atoms with E-state index >= 15 is 0 Å². The molecular weight excluding hydrogens is 388 g/mol. The van der Waals surface area contributed by atoms with Crippen LogP contribution in [0.5, 0.6) is 0 Å². The molecule has 0 aliphatic carbocycles. The third-order valence-corrected chi connectivity index (χ3v) is 6.10. The van der Waals surface area contributed by atoms with Crippen molar-refractivity contribution in [3.05, 3.63) is 41.7 Å². The second-order valence-electron chi connectivity index (χ2n) is 7.44. The molecule has 0 radical (unpaired) electrons. The average molecular weight is 419 g/mol. The van der Waals surface area contributed by atoms with E-state index in [1.165, 1.54) is 11.8 Å². The molecule has 1 aromatic heterocycles. The molecule has 0 saturated carbocycles. The normalized spacial score (nSPS) is 13.5. The van der Waals surface area contributed by atoms with Crippen molar-refractivity contribution in [2.75, 3.05) is 14.1 Å². The van der Waals surface area contributed by atoms with Gasteiger partial charge < -0.3 is 10.3 Å². The van der Waals surface area contributed by atoms with Crippen LogP contribution in [0.4, 0.5) is 4.79 Å². The second kappa shape index (κ2) is 10.4. The Morgan fingerprint density at radius 1 is 1.21 bits per heavy atom. The number of hydrogen-bond acceptors (Lipinski definition) is 6. The molecule has 0 spiro atoms. The van der Waals surface area contributed by atoms with Crippen LogP contribution in [0.1, 0.15) is 44.6 Å². The molecule has 1 aromatic carbocycles. The molecule has 0 aliphatic rings. The van der Waals surface area contributed by atoms with Crippen LogP contribution >= 0.6 is 11.8 Å². The van der Waals surface area contributed by atoms with E-state index in [-0.39, 0.29) is 12.0 Å². The van der Waals surface area contributed by atoms with E-state index in [1.54, 1.807) is 0 Å².